The summed E-state index contributed by atoms with van der Waals surface area (Å²) in [7, 11) is 0. The molecule has 1 aliphatic rings. The first-order valence-corrected chi connectivity index (χ1v) is 14.9. The molecule has 1 amide bonds. The van der Waals surface area contributed by atoms with Gasteiger partial charge in [0, 0.05) is 62.2 Å². The predicted molar refractivity (Wildman–Crippen MR) is 168 cm³/mol. The highest BCUT2D eigenvalue weighted by atomic mass is 16.2. The second-order valence-corrected chi connectivity index (χ2v) is 11.2. The molecule has 0 spiro atoms. The quantitative estimate of drug-likeness (QED) is 0.204. The number of hydrogen-bond acceptors (Lipinski definition) is 2. The third kappa shape index (κ3) is 5.71. The minimum Gasteiger partial charge on any atom is -0.347 e. The number of nitrogens with zero attached hydrogens (tertiary/aromatic N) is 3. The van der Waals surface area contributed by atoms with Gasteiger partial charge in [-0.25, -0.2) is 0 Å². The predicted octanol–water partition coefficient (Wildman–Crippen LogP) is 7.43. The molecule has 4 heteroatoms. The normalized spacial score (nSPS) is 15.0. The third-order valence-corrected chi connectivity index (χ3v) is 8.66. The molecule has 0 aliphatic carbocycles. The summed E-state index contributed by atoms with van der Waals surface area (Å²) in [6.07, 6.45) is 2.74. The Hall–Kier alpha value is -4.15. The number of fused-ring (bicyclic) bond motifs is 1. The molecule has 0 saturated carbocycles. The van der Waals surface area contributed by atoms with Gasteiger partial charge in [0.15, 0.2) is 0 Å². The molecule has 41 heavy (non-hydrogen) atoms. The molecule has 208 valence electrons. The van der Waals surface area contributed by atoms with E-state index in [0.717, 1.165) is 32.7 Å². The van der Waals surface area contributed by atoms with Crippen LogP contribution in [0.4, 0.5) is 0 Å². The van der Waals surface area contributed by atoms with Gasteiger partial charge in [-0.05, 0) is 42.2 Å². The smallest absolute Gasteiger partial charge is 0.223 e. The second kappa shape index (κ2) is 12.2. The van der Waals surface area contributed by atoms with Crippen LogP contribution in [0.3, 0.4) is 0 Å². The summed E-state index contributed by atoms with van der Waals surface area (Å²) in [5.74, 6) is 0.250. The van der Waals surface area contributed by atoms with Crippen LogP contribution in [0.25, 0.3) is 10.9 Å². The van der Waals surface area contributed by atoms with Gasteiger partial charge in [0.2, 0.25) is 5.91 Å². The number of benzene rings is 4. The van der Waals surface area contributed by atoms with Crippen LogP contribution in [0.2, 0.25) is 0 Å². The highest BCUT2D eigenvalue weighted by molar-refractivity contribution is 5.86. The Bertz CT molecular complexity index is 1540. The van der Waals surface area contributed by atoms with Crippen LogP contribution in [0, 0.1) is 6.92 Å². The number of carbonyl (C=O) groups is 1. The highest BCUT2D eigenvalue weighted by Gasteiger charge is 2.30. The van der Waals surface area contributed by atoms with Gasteiger partial charge in [0.1, 0.15) is 0 Å². The van der Waals surface area contributed by atoms with Crippen LogP contribution >= 0.6 is 0 Å². The Morgan fingerprint density at radius 2 is 1.29 bits per heavy atom. The average Bonchev–Trinajstić information content (AvgIpc) is 3.40. The fourth-order valence-corrected chi connectivity index (χ4v) is 6.44. The number of piperazine rings is 1. The minimum atomic E-state index is 0.0141. The van der Waals surface area contributed by atoms with Crippen molar-refractivity contribution in [2.75, 3.05) is 26.2 Å². The topological polar surface area (TPSA) is 28.5 Å². The maximum absolute atomic E-state index is 14.0. The van der Waals surface area contributed by atoms with Crippen molar-refractivity contribution in [3.63, 3.8) is 0 Å². The standard InChI is InChI=1S/C37H39N3O/c1-3-38-27-34(32-16-10-11-17-35(32)38)33(29-20-18-28(2)19-21-29)26-36(41)39-22-24-40(25-23-39)37(30-12-6-4-7-13-30)31-14-8-5-9-15-31/h4-21,27,33,37H,3,22-26H2,1-2H3. The molecule has 5 aromatic rings. The summed E-state index contributed by atoms with van der Waals surface area (Å²) < 4.78 is 2.31. The molecule has 1 unspecified atom stereocenters. The maximum Gasteiger partial charge on any atom is 0.223 e. The number of para-hydroxylation sites is 1. The van der Waals surface area contributed by atoms with Crippen LogP contribution < -0.4 is 0 Å². The second-order valence-electron chi connectivity index (χ2n) is 11.2. The van der Waals surface area contributed by atoms with Gasteiger partial charge in [-0.15, -0.1) is 0 Å². The Morgan fingerprint density at radius 3 is 1.90 bits per heavy atom. The number of aromatic nitrogens is 1. The molecular formula is C37H39N3O. The summed E-state index contributed by atoms with van der Waals surface area (Å²) in [5, 5.41) is 1.24. The van der Waals surface area contributed by atoms with Gasteiger partial charge in [-0.3, -0.25) is 9.69 Å². The van der Waals surface area contributed by atoms with Crippen molar-refractivity contribution >= 4 is 16.8 Å². The number of hydrogen-bond donors (Lipinski definition) is 0. The molecule has 1 aromatic heterocycles. The van der Waals surface area contributed by atoms with Crippen LogP contribution in [-0.2, 0) is 11.3 Å². The van der Waals surface area contributed by atoms with Gasteiger partial charge in [0.25, 0.3) is 0 Å². The number of amides is 1. The lowest BCUT2D eigenvalue weighted by atomic mass is 9.87. The summed E-state index contributed by atoms with van der Waals surface area (Å²) in [5.41, 5.74) is 7.50. The minimum absolute atomic E-state index is 0.0141. The van der Waals surface area contributed by atoms with E-state index in [1.54, 1.807) is 0 Å². The van der Waals surface area contributed by atoms with Crippen LogP contribution in [0.1, 0.15) is 53.1 Å². The van der Waals surface area contributed by atoms with E-state index in [2.05, 4.69) is 144 Å². The molecule has 1 aliphatic heterocycles. The molecule has 4 nitrogen and oxygen atoms in total. The van der Waals surface area contributed by atoms with Crippen LogP contribution in [0.5, 0.6) is 0 Å². The van der Waals surface area contributed by atoms with E-state index in [9.17, 15) is 4.79 Å². The largest absolute Gasteiger partial charge is 0.347 e. The number of carbonyl (C=O) groups excluding carboxylic acids is 1. The van der Waals surface area contributed by atoms with Crippen molar-refractivity contribution < 1.29 is 4.79 Å². The fraction of sp³-hybridized carbons (Fsp3) is 0.270. The first-order chi connectivity index (χ1) is 20.1. The van der Waals surface area contributed by atoms with E-state index in [1.165, 1.54) is 38.7 Å². The molecule has 1 fully saturated rings. The van der Waals surface area contributed by atoms with Crippen molar-refractivity contribution in [3.05, 3.63) is 143 Å². The lowest BCUT2D eigenvalue weighted by Gasteiger charge is -2.40. The zero-order chi connectivity index (χ0) is 28.2. The van der Waals surface area contributed by atoms with Gasteiger partial charge in [-0.1, -0.05) is 109 Å². The average molecular weight is 542 g/mol. The number of aryl methyl sites for hydroxylation is 2. The molecule has 4 aromatic carbocycles. The van der Waals surface area contributed by atoms with E-state index >= 15 is 0 Å². The molecule has 1 atom stereocenters. The third-order valence-electron chi connectivity index (χ3n) is 8.66. The van der Waals surface area contributed by atoms with Crippen LogP contribution in [-0.4, -0.2) is 46.5 Å². The van der Waals surface area contributed by atoms with E-state index in [-0.39, 0.29) is 17.9 Å². The van der Waals surface area contributed by atoms with Crippen LogP contribution in [0.15, 0.2) is 115 Å². The summed E-state index contributed by atoms with van der Waals surface area (Å²) in [6.45, 7) is 8.39. The summed E-state index contributed by atoms with van der Waals surface area (Å²) in [6, 6.07) is 39.0. The molecule has 0 radical (unpaired) electrons. The maximum atomic E-state index is 14.0. The lowest BCUT2D eigenvalue weighted by Crippen LogP contribution is -2.50. The molecule has 6 rings (SSSR count). The van der Waals surface area contributed by atoms with Crippen molar-refractivity contribution in [2.24, 2.45) is 0 Å². The van der Waals surface area contributed by atoms with Crippen molar-refractivity contribution in [2.45, 2.75) is 38.8 Å². The Labute approximate surface area is 243 Å². The Balaban J connectivity index is 1.23. The van der Waals surface area contributed by atoms with E-state index in [0.29, 0.717) is 6.42 Å². The van der Waals surface area contributed by atoms with Crippen molar-refractivity contribution in [3.8, 4) is 0 Å². The Morgan fingerprint density at radius 1 is 0.707 bits per heavy atom. The summed E-state index contributed by atoms with van der Waals surface area (Å²) in [4.78, 5) is 18.6. The molecule has 0 bridgehead atoms. The Kier molecular flexibility index (Phi) is 8.02. The van der Waals surface area contributed by atoms with E-state index < -0.39 is 0 Å². The van der Waals surface area contributed by atoms with Crippen molar-refractivity contribution in [1.82, 2.24) is 14.4 Å². The fourth-order valence-electron chi connectivity index (χ4n) is 6.44. The van der Waals surface area contributed by atoms with E-state index in [4.69, 9.17) is 0 Å². The highest BCUT2D eigenvalue weighted by Crippen LogP contribution is 2.36. The van der Waals surface area contributed by atoms with Gasteiger partial charge in [0.05, 0.1) is 6.04 Å². The zero-order valence-electron chi connectivity index (χ0n) is 24.1. The molecular weight excluding hydrogens is 502 g/mol. The molecule has 1 saturated heterocycles. The number of rotatable bonds is 8. The summed E-state index contributed by atoms with van der Waals surface area (Å²) >= 11 is 0. The molecule has 0 N–H and O–H groups in total. The zero-order valence-corrected chi connectivity index (χ0v) is 24.1. The monoisotopic (exact) mass is 541 g/mol. The van der Waals surface area contributed by atoms with Gasteiger partial charge in [-0.2, -0.15) is 0 Å². The first-order valence-electron chi connectivity index (χ1n) is 14.9. The van der Waals surface area contributed by atoms with Gasteiger partial charge >= 0.3 is 0 Å². The SMILES string of the molecule is CCn1cc(C(CC(=O)N2CCN(C(c3ccccc3)c3ccccc3)CC2)c2ccc(C)cc2)c2ccccc21. The first kappa shape index (κ1) is 27.0. The van der Waals surface area contributed by atoms with E-state index in [1.807, 2.05) is 0 Å². The lowest BCUT2D eigenvalue weighted by molar-refractivity contribution is -0.133. The molecule has 2 heterocycles. The van der Waals surface area contributed by atoms with Crippen molar-refractivity contribution in [1.29, 1.82) is 0 Å². The van der Waals surface area contributed by atoms with Gasteiger partial charge < -0.3 is 9.47 Å².